The van der Waals surface area contributed by atoms with Gasteiger partial charge in [0.2, 0.25) is 0 Å². The average molecular weight is 224 g/mol. The first-order valence-corrected chi connectivity index (χ1v) is 5.62. The lowest BCUT2D eigenvalue weighted by molar-refractivity contribution is 0.292. The van der Waals surface area contributed by atoms with Gasteiger partial charge in [-0.25, -0.2) is 9.97 Å². The second-order valence-electron chi connectivity index (χ2n) is 3.57. The number of anilines is 2. The molecule has 0 aliphatic carbocycles. The van der Waals surface area contributed by atoms with Crippen molar-refractivity contribution in [3.63, 3.8) is 0 Å². The van der Waals surface area contributed by atoms with E-state index >= 15 is 0 Å². The average Bonchev–Trinajstić information content (AvgIpc) is 2.31. The summed E-state index contributed by atoms with van der Waals surface area (Å²) in [6.45, 7) is 4.92. The van der Waals surface area contributed by atoms with Gasteiger partial charge >= 0.3 is 0 Å². The van der Waals surface area contributed by atoms with E-state index in [-0.39, 0.29) is 6.61 Å². The molecule has 0 saturated heterocycles. The maximum Gasteiger partial charge on any atom is 0.134 e. The molecule has 5 heteroatoms. The Hall–Kier alpha value is -1.36. The summed E-state index contributed by atoms with van der Waals surface area (Å²) in [5, 5.41) is 15.0. The molecule has 16 heavy (non-hydrogen) atoms. The van der Waals surface area contributed by atoms with Gasteiger partial charge in [-0.2, -0.15) is 0 Å². The zero-order valence-corrected chi connectivity index (χ0v) is 10.2. The lowest BCUT2D eigenvalue weighted by Crippen LogP contribution is -2.11. The molecule has 1 rings (SSSR count). The van der Waals surface area contributed by atoms with Crippen LogP contribution in [0.15, 0.2) is 0 Å². The normalized spacial score (nSPS) is 10.2. The van der Waals surface area contributed by atoms with Gasteiger partial charge in [0.1, 0.15) is 17.5 Å². The van der Waals surface area contributed by atoms with Gasteiger partial charge in [0, 0.05) is 32.2 Å². The lowest BCUT2D eigenvalue weighted by Gasteiger charge is -2.12. The molecule has 1 aromatic rings. The standard InChI is InChI=1S/C11H20N4O/c1-4-9-14-10(12-3)8(2)11(15-9)13-6-5-7-16/h16H,4-7H2,1-3H3,(H2,12,13,14,15). The second-order valence-corrected chi connectivity index (χ2v) is 3.57. The molecular formula is C11H20N4O. The van der Waals surface area contributed by atoms with E-state index in [1.165, 1.54) is 0 Å². The molecule has 0 spiro atoms. The number of rotatable bonds is 6. The first-order valence-electron chi connectivity index (χ1n) is 5.62. The van der Waals surface area contributed by atoms with Gasteiger partial charge in [-0.05, 0) is 13.3 Å². The van der Waals surface area contributed by atoms with Crippen LogP contribution in [0.1, 0.15) is 24.7 Å². The summed E-state index contributed by atoms with van der Waals surface area (Å²) >= 11 is 0. The Bertz CT molecular complexity index is 341. The van der Waals surface area contributed by atoms with E-state index in [1.54, 1.807) is 0 Å². The Kier molecular flexibility index (Phi) is 4.98. The van der Waals surface area contributed by atoms with Crippen molar-refractivity contribution in [1.29, 1.82) is 0 Å². The van der Waals surface area contributed by atoms with Gasteiger partial charge in [0.05, 0.1) is 0 Å². The van der Waals surface area contributed by atoms with E-state index in [0.29, 0.717) is 0 Å². The molecule has 0 fully saturated rings. The highest BCUT2D eigenvalue weighted by molar-refractivity contribution is 5.56. The zero-order valence-electron chi connectivity index (χ0n) is 10.2. The molecule has 0 atom stereocenters. The summed E-state index contributed by atoms with van der Waals surface area (Å²) in [4.78, 5) is 8.81. The molecule has 1 aromatic heterocycles. The van der Waals surface area contributed by atoms with E-state index < -0.39 is 0 Å². The molecular weight excluding hydrogens is 204 g/mol. The Morgan fingerprint density at radius 2 is 1.94 bits per heavy atom. The highest BCUT2D eigenvalue weighted by Crippen LogP contribution is 2.19. The van der Waals surface area contributed by atoms with Crippen LogP contribution in [-0.2, 0) is 6.42 Å². The molecule has 0 aliphatic heterocycles. The summed E-state index contributed by atoms with van der Waals surface area (Å²) in [6, 6.07) is 0. The van der Waals surface area contributed by atoms with E-state index in [9.17, 15) is 0 Å². The number of nitrogens with one attached hydrogen (secondary N) is 2. The highest BCUT2D eigenvalue weighted by atomic mass is 16.3. The Balaban J connectivity index is 2.88. The predicted octanol–water partition coefficient (Wildman–Crippen LogP) is 1.18. The van der Waals surface area contributed by atoms with Gasteiger partial charge in [-0.3, -0.25) is 0 Å². The summed E-state index contributed by atoms with van der Waals surface area (Å²) in [7, 11) is 1.85. The number of aromatic nitrogens is 2. The number of hydrogen-bond acceptors (Lipinski definition) is 5. The molecule has 0 aliphatic rings. The minimum Gasteiger partial charge on any atom is -0.396 e. The largest absolute Gasteiger partial charge is 0.396 e. The lowest BCUT2D eigenvalue weighted by atomic mass is 10.3. The van der Waals surface area contributed by atoms with Gasteiger partial charge in [0.15, 0.2) is 0 Å². The van der Waals surface area contributed by atoms with Crippen LogP contribution in [0, 0.1) is 6.92 Å². The number of nitrogens with zero attached hydrogens (tertiary/aromatic N) is 2. The van der Waals surface area contributed by atoms with Crippen molar-refractivity contribution in [2.75, 3.05) is 30.8 Å². The van der Waals surface area contributed by atoms with Crippen molar-refractivity contribution in [2.45, 2.75) is 26.7 Å². The second kappa shape index (κ2) is 6.27. The Labute approximate surface area is 96.3 Å². The van der Waals surface area contributed by atoms with Crippen LogP contribution < -0.4 is 10.6 Å². The number of aryl methyl sites for hydroxylation is 1. The van der Waals surface area contributed by atoms with Crippen LogP contribution in [0.2, 0.25) is 0 Å². The van der Waals surface area contributed by atoms with Gasteiger partial charge < -0.3 is 15.7 Å². The molecule has 5 nitrogen and oxygen atoms in total. The molecule has 1 heterocycles. The number of hydrogen-bond donors (Lipinski definition) is 3. The summed E-state index contributed by atoms with van der Waals surface area (Å²) < 4.78 is 0. The van der Waals surface area contributed by atoms with E-state index in [1.807, 2.05) is 20.9 Å². The van der Waals surface area contributed by atoms with E-state index in [4.69, 9.17) is 5.11 Å². The van der Waals surface area contributed by atoms with Crippen LogP contribution in [0.3, 0.4) is 0 Å². The third-order valence-electron chi connectivity index (χ3n) is 2.37. The summed E-state index contributed by atoms with van der Waals surface area (Å²) in [5.74, 6) is 2.53. The van der Waals surface area contributed by atoms with Crippen molar-refractivity contribution in [3.8, 4) is 0 Å². The fraction of sp³-hybridized carbons (Fsp3) is 0.636. The molecule has 0 radical (unpaired) electrons. The van der Waals surface area contributed by atoms with Crippen LogP contribution >= 0.6 is 0 Å². The summed E-state index contributed by atoms with van der Waals surface area (Å²) in [6.07, 6.45) is 1.53. The Morgan fingerprint density at radius 1 is 1.25 bits per heavy atom. The van der Waals surface area contributed by atoms with E-state index in [2.05, 4.69) is 20.6 Å². The van der Waals surface area contributed by atoms with Crippen molar-refractivity contribution in [3.05, 3.63) is 11.4 Å². The number of aliphatic hydroxyl groups excluding tert-OH is 1. The van der Waals surface area contributed by atoms with Crippen LogP contribution in [0.5, 0.6) is 0 Å². The molecule has 90 valence electrons. The molecule has 0 bridgehead atoms. The van der Waals surface area contributed by atoms with Crippen molar-refractivity contribution < 1.29 is 5.11 Å². The minimum atomic E-state index is 0.191. The topological polar surface area (TPSA) is 70.1 Å². The van der Waals surface area contributed by atoms with Gasteiger partial charge in [-0.1, -0.05) is 6.92 Å². The van der Waals surface area contributed by atoms with Crippen LogP contribution in [0.25, 0.3) is 0 Å². The van der Waals surface area contributed by atoms with Crippen LogP contribution in [0.4, 0.5) is 11.6 Å². The first kappa shape index (κ1) is 12.7. The smallest absolute Gasteiger partial charge is 0.134 e. The van der Waals surface area contributed by atoms with Gasteiger partial charge in [-0.15, -0.1) is 0 Å². The predicted molar refractivity (Wildman–Crippen MR) is 65.9 cm³/mol. The van der Waals surface area contributed by atoms with E-state index in [0.717, 1.165) is 42.4 Å². The van der Waals surface area contributed by atoms with Crippen molar-refractivity contribution >= 4 is 11.6 Å². The SMILES string of the molecule is CCc1nc(NC)c(C)c(NCCCO)n1. The Morgan fingerprint density at radius 3 is 2.50 bits per heavy atom. The fourth-order valence-corrected chi connectivity index (χ4v) is 1.42. The molecule has 0 aromatic carbocycles. The van der Waals surface area contributed by atoms with Gasteiger partial charge in [0.25, 0.3) is 0 Å². The summed E-state index contributed by atoms with van der Waals surface area (Å²) in [5.41, 5.74) is 1.01. The third-order valence-corrected chi connectivity index (χ3v) is 2.37. The molecule has 0 amide bonds. The number of aliphatic hydroxyl groups is 1. The third kappa shape index (κ3) is 3.06. The minimum absolute atomic E-state index is 0.191. The monoisotopic (exact) mass is 224 g/mol. The fourth-order valence-electron chi connectivity index (χ4n) is 1.42. The van der Waals surface area contributed by atoms with Crippen molar-refractivity contribution in [1.82, 2.24) is 9.97 Å². The quantitative estimate of drug-likeness (QED) is 0.633. The molecule has 0 unspecified atom stereocenters. The highest BCUT2D eigenvalue weighted by Gasteiger charge is 2.08. The first-order chi connectivity index (χ1) is 7.72. The zero-order chi connectivity index (χ0) is 12.0. The molecule has 0 saturated carbocycles. The van der Waals surface area contributed by atoms with Crippen molar-refractivity contribution in [2.24, 2.45) is 0 Å². The molecule has 3 N–H and O–H groups in total. The van der Waals surface area contributed by atoms with Crippen LogP contribution in [-0.4, -0.2) is 35.3 Å². The maximum atomic E-state index is 8.73. The maximum absolute atomic E-state index is 8.73.